The molecular weight excluding hydrogens is 406 g/mol. The van der Waals surface area contributed by atoms with Gasteiger partial charge in [0.2, 0.25) is 15.3 Å². The first kappa shape index (κ1) is 20.1. The van der Waals surface area contributed by atoms with Crippen molar-refractivity contribution in [1.29, 1.82) is 0 Å². The molecule has 0 aliphatic heterocycles. The first-order chi connectivity index (χ1) is 13.2. The summed E-state index contributed by atoms with van der Waals surface area (Å²) in [5, 5.41) is 2.97. The first-order valence-corrected chi connectivity index (χ1v) is 10.2. The van der Waals surface area contributed by atoms with Crippen LogP contribution in [0.3, 0.4) is 0 Å². The maximum atomic E-state index is 12.8. The Kier molecular flexibility index (Phi) is 5.59. The second-order valence-electron chi connectivity index (χ2n) is 6.12. The zero-order valence-corrected chi connectivity index (χ0v) is 16.9. The predicted octanol–water partition coefficient (Wildman–Crippen LogP) is 1.34. The van der Waals surface area contributed by atoms with Gasteiger partial charge in [-0.05, 0) is 44.6 Å². The Labute approximate surface area is 166 Å². The van der Waals surface area contributed by atoms with Crippen LogP contribution in [0, 0.1) is 0 Å². The number of rotatable bonds is 6. The molecule has 0 aliphatic rings. The van der Waals surface area contributed by atoms with E-state index in [4.69, 9.17) is 11.6 Å². The molecule has 0 saturated heterocycles. The summed E-state index contributed by atoms with van der Waals surface area (Å²) in [4.78, 5) is 29.3. The summed E-state index contributed by atoms with van der Waals surface area (Å²) in [6.07, 6.45) is 2.70. The fourth-order valence-electron chi connectivity index (χ4n) is 2.54. The minimum atomic E-state index is -3.56. The smallest absolute Gasteiger partial charge is 0.295 e. The number of pyridine rings is 1. The molecule has 0 amide bonds. The summed E-state index contributed by atoms with van der Waals surface area (Å²) < 4.78 is 27.2. The van der Waals surface area contributed by atoms with E-state index in [1.165, 1.54) is 30.1 Å². The summed E-state index contributed by atoms with van der Waals surface area (Å²) >= 11 is 5.85. The van der Waals surface area contributed by atoms with Gasteiger partial charge >= 0.3 is 0 Å². The van der Waals surface area contributed by atoms with Gasteiger partial charge in [-0.2, -0.15) is 4.98 Å². The second kappa shape index (κ2) is 7.78. The predicted molar refractivity (Wildman–Crippen MR) is 105 cm³/mol. The Morgan fingerprint density at radius 1 is 1.18 bits per heavy atom. The van der Waals surface area contributed by atoms with E-state index in [1.54, 1.807) is 6.07 Å². The SMILES string of the molecule is CNS(=O)(=O)c1ccc(CNc2nc3cnc(Cl)nc3n(C(C)C)c2=O)nc1. The van der Waals surface area contributed by atoms with Crippen LogP contribution in [0.4, 0.5) is 5.82 Å². The number of sulfonamides is 1. The molecule has 3 aromatic heterocycles. The average Bonchev–Trinajstić information content (AvgIpc) is 2.66. The lowest BCUT2D eigenvalue weighted by Gasteiger charge is -2.15. The topological polar surface area (TPSA) is 132 Å². The molecule has 0 unspecified atom stereocenters. The molecule has 0 radical (unpaired) electrons. The monoisotopic (exact) mass is 423 g/mol. The number of nitrogens with zero attached hydrogens (tertiary/aromatic N) is 5. The van der Waals surface area contributed by atoms with Gasteiger partial charge in [0.05, 0.1) is 18.4 Å². The van der Waals surface area contributed by atoms with Crippen molar-refractivity contribution in [3.8, 4) is 0 Å². The largest absolute Gasteiger partial charge is 0.360 e. The number of hydrogen-bond donors (Lipinski definition) is 2. The molecule has 3 heterocycles. The summed E-state index contributed by atoms with van der Waals surface area (Å²) in [5.41, 5.74) is 0.959. The van der Waals surface area contributed by atoms with Crippen molar-refractivity contribution >= 4 is 38.6 Å². The number of aromatic nitrogens is 5. The van der Waals surface area contributed by atoms with Gasteiger partial charge in [0.15, 0.2) is 11.5 Å². The summed E-state index contributed by atoms with van der Waals surface area (Å²) in [6.45, 7) is 3.88. The fraction of sp³-hybridized carbons (Fsp3) is 0.312. The maximum absolute atomic E-state index is 12.8. The highest BCUT2D eigenvalue weighted by Gasteiger charge is 2.16. The van der Waals surface area contributed by atoms with Gasteiger partial charge < -0.3 is 5.32 Å². The minimum absolute atomic E-state index is 0.0321. The van der Waals surface area contributed by atoms with Crippen molar-refractivity contribution in [2.75, 3.05) is 12.4 Å². The number of nitrogens with one attached hydrogen (secondary N) is 2. The molecular formula is C16H18ClN7O3S. The highest BCUT2D eigenvalue weighted by Crippen LogP contribution is 2.16. The first-order valence-electron chi connectivity index (χ1n) is 8.30. The van der Waals surface area contributed by atoms with Crippen molar-refractivity contribution in [3.05, 3.63) is 45.9 Å². The van der Waals surface area contributed by atoms with Crippen LogP contribution in [0.25, 0.3) is 11.2 Å². The lowest BCUT2D eigenvalue weighted by molar-refractivity contribution is 0.587. The van der Waals surface area contributed by atoms with Crippen LogP contribution in [0.5, 0.6) is 0 Å². The zero-order chi connectivity index (χ0) is 20.5. The van der Waals surface area contributed by atoms with Crippen molar-refractivity contribution in [2.24, 2.45) is 0 Å². The van der Waals surface area contributed by atoms with E-state index in [-0.39, 0.29) is 34.1 Å². The molecule has 0 spiro atoms. The Morgan fingerprint density at radius 3 is 2.54 bits per heavy atom. The second-order valence-corrected chi connectivity index (χ2v) is 8.35. The van der Waals surface area contributed by atoms with Crippen LogP contribution < -0.4 is 15.6 Å². The highest BCUT2D eigenvalue weighted by atomic mass is 35.5. The minimum Gasteiger partial charge on any atom is -0.360 e. The fourth-order valence-corrected chi connectivity index (χ4v) is 3.34. The standard InChI is InChI=1S/C16H18ClN7O3S/c1-9(2)24-14-12(8-21-16(17)23-14)22-13(15(24)25)20-6-10-4-5-11(7-19-10)28(26,27)18-3/h4-5,7-9,18H,6H2,1-3H3,(H,20,22). The molecule has 2 N–H and O–H groups in total. The van der Waals surface area contributed by atoms with Gasteiger partial charge in [-0.25, -0.2) is 23.1 Å². The van der Waals surface area contributed by atoms with Gasteiger partial charge in [0, 0.05) is 12.2 Å². The van der Waals surface area contributed by atoms with Crippen LogP contribution in [-0.2, 0) is 16.6 Å². The number of halogens is 1. The molecule has 148 valence electrons. The number of hydrogen-bond acceptors (Lipinski definition) is 8. The van der Waals surface area contributed by atoms with Gasteiger partial charge in [0.1, 0.15) is 10.4 Å². The third kappa shape index (κ3) is 3.96. The summed E-state index contributed by atoms with van der Waals surface area (Å²) in [7, 11) is -2.23. The number of anilines is 1. The normalized spacial score (nSPS) is 11.9. The molecule has 0 aliphatic carbocycles. The third-order valence-electron chi connectivity index (χ3n) is 3.93. The Balaban J connectivity index is 1.92. The van der Waals surface area contributed by atoms with Gasteiger partial charge in [-0.1, -0.05) is 0 Å². The van der Waals surface area contributed by atoms with Gasteiger partial charge in [-0.15, -0.1) is 0 Å². The van der Waals surface area contributed by atoms with Crippen molar-refractivity contribution in [3.63, 3.8) is 0 Å². The molecule has 10 nitrogen and oxygen atoms in total. The van der Waals surface area contributed by atoms with Crippen LogP contribution >= 0.6 is 11.6 Å². The highest BCUT2D eigenvalue weighted by molar-refractivity contribution is 7.89. The Morgan fingerprint density at radius 2 is 1.93 bits per heavy atom. The van der Waals surface area contributed by atoms with Crippen molar-refractivity contribution in [1.82, 2.24) is 29.2 Å². The molecule has 3 rings (SSSR count). The van der Waals surface area contributed by atoms with Crippen molar-refractivity contribution in [2.45, 2.75) is 31.3 Å². The van der Waals surface area contributed by atoms with Crippen LogP contribution in [0.15, 0.2) is 34.2 Å². The summed E-state index contributed by atoms with van der Waals surface area (Å²) in [5.74, 6) is 0.112. The van der Waals surface area contributed by atoms with Gasteiger partial charge in [-0.3, -0.25) is 14.3 Å². The molecule has 12 heteroatoms. The lowest BCUT2D eigenvalue weighted by Crippen LogP contribution is -2.27. The molecule has 28 heavy (non-hydrogen) atoms. The molecule has 3 aromatic rings. The van der Waals surface area contributed by atoms with Gasteiger partial charge in [0.25, 0.3) is 5.56 Å². The van der Waals surface area contributed by atoms with E-state index in [1.807, 2.05) is 13.8 Å². The van der Waals surface area contributed by atoms with E-state index in [0.29, 0.717) is 16.9 Å². The molecule has 0 saturated carbocycles. The third-order valence-corrected chi connectivity index (χ3v) is 5.51. The zero-order valence-electron chi connectivity index (χ0n) is 15.3. The van der Waals surface area contributed by atoms with E-state index >= 15 is 0 Å². The van der Waals surface area contributed by atoms with E-state index in [2.05, 4.69) is 30.0 Å². The number of fused-ring (bicyclic) bond motifs is 1. The average molecular weight is 424 g/mol. The van der Waals surface area contributed by atoms with Crippen molar-refractivity contribution < 1.29 is 8.42 Å². The molecule has 0 bridgehead atoms. The van der Waals surface area contributed by atoms with Crippen LogP contribution in [-0.4, -0.2) is 40.0 Å². The van der Waals surface area contributed by atoms with E-state index in [0.717, 1.165) is 0 Å². The van der Waals surface area contributed by atoms with Crippen LogP contribution in [0.1, 0.15) is 25.6 Å². The van der Waals surface area contributed by atoms with E-state index < -0.39 is 10.0 Å². The Bertz CT molecular complexity index is 1180. The molecule has 0 atom stereocenters. The summed E-state index contributed by atoms with van der Waals surface area (Å²) in [6, 6.07) is 2.82. The lowest BCUT2D eigenvalue weighted by atomic mass is 10.3. The molecule has 0 aromatic carbocycles. The van der Waals surface area contributed by atoms with Crippen LogP contribution in [0.2, 0.25) is 5.28 Å². The maximum Gasteiger partial charge on any atom is 0.295 e. The van der Waals surface area contributed by atoms with E-state index in [9.17, 15) is 13.2 Å². The Hall–Kier alpha value is -2.63. The molecule has 0 fully saturated rings. The quantitative estimate of drug-likeness (QED) is 0.567.